The van der Waals surface area contributed by atoms with Crippen LogP contribution in [0, 0.1) is 15.9 Å². The maximum Gasteiger partial charge on any atom is 0.357 e. The molecule has 0 fully saturated rings. The zero-order chi connectivity index (χ0) is 11.6. The smallest absolute Gasteiger partial charge is 0.269 e. The molecule has 0 heterocycles. The van der Waals surface area contributed by atoms with E-state index in [1.54, 1.807) is 0 Å². The minimum absolute atomic E-state index is 0.498. The number of benzene rings is 1. The summed E-state index contributed by atoms with van der Waals surface area (Å²) in [5.41, 5.74) is -1.19. The first-order valence-electron chi connectivity index (χ1n) is 3.49. The van der Waals surface area contributed by atoms with Crippen molar-refractivity contribution in [2.45, 2.75) is 0 Å². The number of non-ortho nitro benzene ring substituents is 1. The molecule has 15 heavy (non-hydrogen) atoms. The Bertz CT molecular complexity index is 500. The van der Waals surface area contributed by atoms with E-state index in [9.17, 15) is 22.9 Å². The Hall–Kier alpha value is -1.74. The number of hydrogen-bond acceptors (Lipinski definition) is 4. The average Bonchev–Trinajstić information content (AvgIpc) is 2.06. The fraction of sp³-hybridized carbons (Fsp3) is 0. The van der Waals surface area contributed by atoms with Crippen LogP contribution in [-0.2, 0) is 10.3 Å². The predicted octanol–water partition coefficient (Wildman–Crippen LogP) is 0.949. The molecule has 0 amide bonds. The summed E-state index contributed by atoms with van der Waals surface area (Å²) in [4.78, 5) is 9.45. The lowest BCUT2D eigenvalue weighted by Gasteiger charge is -2.03. The van der Waals surface area contributed by atoms with Gasteiger partial charge < -0.3 is 0 Å². The van der Waals surface area contributed by atoms with Gasteiger partial charge in [-0.15, -0.1) is 0 Å². The van der Waals surface area contributed by atoms with Gasteiger partial charge in [0, 0.05) is 12.1 Å². The number of halogens is 1. The maximum absolute atomic E-state index is 12.9. The van der Waals surface area contributed by atoms with Crippen molar-refractivity contribution in [2.24, 2.45) is 0 Å². The summed E-state index contributed by atoms with van der Waals surface area (Å²) in [6.45, 7) is 0. The normalized spacial score (nSPS) is 11.1. The Balaban J connectivity index is 3.17. The summed E-state index contributed by atoms with van der Waals surface area (Å²) in [5.74, 6) is -1.03. The third-order valence-electron chi connectivity index (χ3n) is 1.40. The minimum Gasteiger partial charge on any atom is -0.269 e. The molecule has 0 aliphatic carbocycles. The lowest BCUT2D eigenvalue weighted by atomic mass is 10.3. The highest BCUT2D eigenvalue weighted by molar-refractivity contribution is 7.87. The molecule has 2 N–H and O–H groups in total. The summed E-state index contributed by atoms with van der Waals surface area (Å²) in [5, 5.41) is 10.3. The van der Waals surface area contributed by atoms with Gasteiger partial charge in [-0.3, -0.25) is 19.4 Å². The van der Waals surface area contributed by atoms with Crippen LogP contribution >= 0.6 is 0 Å². The van der Waals surface area contributed by atoms with Crippen LogP contribution in [0.5, 0.6) is 0 Å². The molecule has 1 rings (SSSR count). The van der Waals surface area contributed by atoms with Crippen LogP contribution in [0.4, 0.5) is 15.8 Å². The number of nitrogens with one attached hydrogen (secondary N) is 1. The third-order valence-corrected chi connectivity index (χ3v) is 1.88. The molecule has 0 atom stereocenters. The van der Waals surface area contributed by atoms with E-state index in [1.165, 1.54) is 4.72 Å². The van der Waals surface area contributed by atoms with Crippen molar-refractivity contribution in [1.82, 2.24) is 0 Å². The molecule has 1 aromatic rings. The van der Waals surface area contributed by atoms with Crippen molar-refractivity contribution in [3.8, 4) is 0 Å². The van der Waals surface area contributed by atoms with E-state index < -0.39 is 32.4 Å². The Labute approximate surface area is 83.6 Å². The third kappa shape index (κ3) is 3.14. The van der Waals surface area contributed by atoms with Gasteiger partial charge in [-0.25, -0.2) is 4.39 Å². The maximum atomic E-state index is 12.9. The number of rotatable bonds is 3. The number of anilines is 1. The Morgan fingerprint density at radius 3 is 2.53 bits per heavy atom. The number of nitro groups is 1. The average molecular weight is 236 g/mol. The second kappa shape index (κ2) is 3.79. The van der Waals surface area contributed by atoms with Crippen molar-refractivity contribution in [3.63, 3.8) is 0 Å². The first kappa shape index (κ1) is 11.3. The summed E-state index contributed by atoms with van der Waals surface area (Å²) in [7, 11) is -4.65. The molecule has 0 spiro atoms. The fourth-order valence-electron chi connectivity index (χ4n) is 0.844. The van der Waals surface area contributed by atoms with Crippen LogP contribution in [0.3, 0.4) is 0 Å². The number of nitro benzene ring substituents is 1. The topological polar surface area (TPSA) is 110 Å². The van der Waals surface area contributed by atoms with Gasteiger partial charge in [0.05, 0.1) is 10.6 Å². The van der Waals surface area contributed by atoms with Gasteiger partial charge in [-0.2, -0.15) is 8.42 Å². The van der Waals surface area contributed by atoms with Crippen molar-refractivity contribution < 1.29 is 22.3 Å². The Morgan fingerprint density at radius 1 is 1.47 bits per heavy atom. The molecular formula is C6H5FN2O5S. The van der Waals surface area contributed by atoms with E-state index in [2.05, 4.69) is 0 Å². The Kier molecular flexibility index (Phi) is 2.86. The van der Waals surface area contributed by atoms with Crippen LogP contribution in [0.1, 0.15) is 0 Å². The van der Waals surface area contributed by atoms with Crippen LogP contribution in [-0.4, -0.2) is 17.9 Å². The minimum atomic E-state index is -4.65. The standard InChI is InChI=1S/C6H5FN2O5S/c7-5-2-1-4(9(10)11)3-6(5)8-15(12,13)14/h1-3,8H,(H,12,13,14). The predicted molar refractivity (Wildman–Crippen MR) is 48.2 cm³/mol. The molecule has 7 nitrogen and oxygen atoms in total. The van der Waals surface area contributed by atoms with Gasteiger partial charge in [0.1, 0.15) is 5.82 Å². The van der Waals surface area contributed by atoms with Crippen LogP contribution < -0.4 is 4.72 Å². The number of nitrogens with zero attached hydrogens (tertiary/aromatic N) is 1. The Morgan fingerprint density at radius 2 is 2.07 bits per heavy atom. The van der Waals surface area contributed by atoms with Gasteiger partial charge in [0.25, 0.3) is 5.69 Å². The van der Waals surface area contributed by atoms with Crippen LogP contribution in [0.2, 0.25) is 0 Å². The van der Waals surface area contributed by atoms with Gasteiger partial charge in [-0.1, -0.05) is 0 Å². The monoisotopic (exact) mass is 236 g/mol. The van der Waals surface area contributed by atoms with Crippen molar-refractivity contribution >= 4 is 21.7 Å². The molecule has 9 heteroatoms. The molecule has 0 radical (unpaired) electrons. The molecular weight excluding hydrogens is 231 g/mol. The summed E-state index contributed by atoms with van der Waals surface area (Å²) in [6, 6.07) is 2.24. The molecule has 0 saturated carbocycles. The quantitative estimate of drug-likeness (QED) is 0.461. The molecule has 1 aromatic carbocycles. The lowest BCUT2D eigenvalue weighted by molar-refractivity contribution is -0.384. The SMILES string of the molecule is O=[N+]([O-])c1ccc(F)c(NS(=O)(=O)O)c1. The van der Waals surface area contributed by atoms with E-state index in [0.29, 0.717) is 12.1 Å². The highest BCUT2D eigenvalue weighted by Crippen LogP contribution is 2.21. The molecule has 0 aromatic heterocycles. The fourth-order valence-corrected chi connectivity index (χ4v) is 1.28. The highest BCUT2D eigenvalue weighted by atomic mass is 32.2. The summed E-state index contributed by atoms with van der Waals surface area (Å²) < 4.78 is 43.3. The largest absolute Gasteiger partial charge is 0.357 e. The van der Waals surface area contributed by atoms with Crippen molar-refractivity contribution in [2.75, 3.05) is 4.72 Å². The van der Waals surface area contributed by atoms with E-state index in [1.807, 2.05) is 0 Å². The van der Waals surface area contributed by atoms with Crippen molar-refractivity contribution in [3.05, 3.63) is 34.1 Å². The van der Waals surface area contributed by atoms with E-state index in [0.717, 1.165) is 6.07 Å². The first-order valence-corrected chi connectivity index (χ1v) is 4.93. The van der Waals surface area contributed by atoms with Crippen LogP contribution in [0.25, 0.3) is 0 Å². The van der Waals surface area contributed by atoms with Crippen molar-refractivity contribution in [1.29, 1.82) is 0 Å². The summed E-state index contributed by atoms with van der Waals surface area (Å²) >= 11 is 0. The van der Waals surface area contributed by atoms with Gasteiger partial charge in [0.2, 0.25) is 0 Å². The molecule has 0 aliphatic rings. The highest BCUT2D eigenvalue weighted by Gasteiger charge is 2.14. The molecule has 82 valence electrons. The second-order valence-electron chi connectivity index (χ2n) is 2.50. The summed E-state index contributed by atoms with van der Waals surface area (Å²) in [6.07, 6.45) is 0. The van der Waals surface area contributed by atoms with E-state index >= 15 is 0 Å². The van der Waals surface area contributed by atoms with Gasteiger partial charge in [0.15, 0.2) is 0 Å². The molecule has 0 unspecified atom stereocenters. The zero-order valence-corrected chi connectivity index (χ0v) is 7.86. The molecule has 0 bridgehead atoms. The van der Waals surface area contributed by atoms with Gasteiger partial charge in [-0.05, 0) is 6.07 Å². The van der Waals surface area contributed by atoms with Crippen LogP contribution in [0.15, 0.2) is 18.2 Å². The van der Waals surface area contributed by atoms with Gasteiger partial charge >= 0.3 is 10.3 Å². The second-order valence-corrected chi connectivity index (χ2v) is 3.65. The van der Waals surface area contributed by atoms with E-state index in [-0.39, 0.29) is 0 Å². The zero-order valence-electron chi connectivity index (χ0n) is 7.05. The molecule has 0 aliphatic heterocycles. The lowest BCUT2D eigenvalue weighted by Crippen LogP contribution is -2.11. The number of hydrogen-bond donors (Lipinski definition) is 2. The first-order chi connectivity index (χ1) is 6.79. The van der Waals surface area contributed by atoms with E-state index in [4.69, 9.17) is 4.55 Å². The molecule has 0 saturated heterocycles.